The molecule has 3 rings (SSSR count). The highest BCUT2D eigenvalue weighted by atomic mass is 16.5. The zero-order valence-electron chi connectivity index (χ0n) is 19.6. The molecule has 0 saturated carbocycles. The van der Waals surface area contributed by atoms with Crippen LogP contribution in [-0.2, 0) is 17.8 Å². The molecule has 0 saturated heterocycles. The lowest BCUT2D eigenvalue weighted by atomic mass is 10.0. The molecule has 0 aliphatic carbocycles. The van der Waals surface area contributed by atoms with Gasteiger partial charge in [-0.2, -0.15) is 0 Å². The minimum absolute atomic E-state index is 0.0171. The normalized spacial score (nSPS) is 10.7. The number of aliphatic carboxylic acids is 1. The van der Waals surface area contributed by atoms with E-state index in [-0.39, 0.29) is 18.9 Å². The van der Waals surface area contributed by atoms with Crippen LogP contribution >= 0.6 is 0 Å². The maximum Gasteiger partial charge on any atom is 0.303 e. The van der Waals surface area contributed by atoms with Gasteiger partial charge in [0.25, 0.3) is 5.91 Å². The highest BCUT2D eigenvalue weighted by molar-refractivity contribution is 6.06. The summed E-state index contributed by atoms with van der Waals surface area (Å²) in [4.78, 5) is 23.5. The number of benzene rings is 3. The number of carboxylic acid groups (broad SMARTS) is 1. The fraction of sp³-hybridized carbons (Fsp3) is 0.286. The molecule has 0 bridgehead atoms. The largest absolute Gasteiger partial charge is 0.493 e. The third-order valence-corrected chi connectivity index (χ3v) is 5.09. The summed E-state index contributed by atoms with van der Waals surface area (Å²) in [6, 6.07) is 22.6. The van der Waals surface area contributed by atoms with Gasteiger partial charge in [0.15, 0.2) is 0 Å². The molecule has 34 heavy (non-hydrogen) atoms. The van der Waals surface area contributed by atoms with Gasteiger partial charge in [0, 0.05) is 18.2 Å². The van der Waals surface area contributed by atoms with Crippen LogP contribution in [0.1, 0.15) is 48.2 Å². The predicted molar refractivity (Wildman–Crippen MR) is 133 cm³/mol. The van der Waals surface area contributed by atoms with Crippen molar-refractivity contribution in [2.45, 2.75) is 39.7 Å². The topological polar surface area (TPSA) is 84.9 Å². The number of nitrogens with one attached hydrogen (secondary N) is 1. The Bertz CT molecular complexity index is 1090. The van der Waals surface area contributed by atoms with E-state index in [0.717, 1.165) is 12.0 Å². The van der Waals surface area contributed by atoms with Gasteiger partial charge in [0.1, 0.15) is 18.1 Å². The number of ether oxygens (including phenoxy) is 2. The summed E-state index contributed by atoms with van der Waals surface area (Å²) in [5.41, 5.74) is 3.38. The van der Waals surface area contributed by atoms with Crippen LogP contribution in [0.5, 0.6) is 11.5 Å². The number of hydrogen-bond donors (Lipinski definition) is 2. The predicted octanol–water partition coefficient (Wildman–Crippen LogP) is 5.96. The van der Waals surface area contributed by atoms with E-state index in [4.69, 9.17) is 14.6 Å². The molecule has 178 valence electrons. The Morgan fingerprint density at radius 2 is 1.65 bits per heavy atom. The molecule has 0 spiro atoms. The van der Waals surface area contributed by atoms with Gasteiger partial charge in [0.2, 0.25) is 0 Å². The molecule has 0 aliphatic rings. The summed E-state index contributed by atoms with van der Waals surface area (Å²) in [7, 11) is 0. The molecule has 0 unspecified atom stereocenters. The number of para-hydroxylation sites is 1. The van der Waals surface area contributed by atoms with E-state index in [2.05, 4.69) is 43.4 Å². The summed E-state index contributed by atoms with van der Waals surface area (Å²) in [5, 5.41) is 11.6. The molecule has 6 heteroatoms. The molecule has 0 atom stereocenters. The Hall–Kier alpha value is -3.80. The number of carbonyl (C=O) groups is 2. The second-order valence-electron chi connectivity index (χ2n) is 8.53. The van der Waals surface area contributed by atoms with Crippen molar-refractivity contribution in [2.75, 3.05) is 11.9 Å². The monoisotopic (exact) mass is 461 g/mol. The Morgan fingerprint density at radius 1 is 0.912 bits per heavy atom. The molecule has 3 aromatic carbocycles. The molecule has 0 aromatic heterocycles. The number of rotatable bonds is 12. The van der Waals surface area contributed by atoms with E-state index in [1.54, 1.807) is 36.4 Å². The van der Waals surface area contributed by atoms with E-state index in [1.165, 1.54) is 5.56 Å². The SMILES string of the molecule is CC(C)Cc1ccc(COc2cccc(NC(=O)c3ccccc3OCCCC(=O)O)c2)cc1. The number of carboxylic acids is 1. The second kappa shape index (κ2) is 12.4. The maximum absolute atomic E-state index is 12.8. The zero-order valence-corrected chi connectivity index (χ0v) is 19.6. The van der Waals surface area contributed by atoms with Gasteiger partial charge in [0.05, 0.1) is 12.2 Å². The first-order valence-corrected chi connectivity index (χ1v) is 11.5. The summed E-state index contributed by atoms with van der Waals surface area (Å²) >= 11 is 0. The smallest absolute Gasteiger partial charge is 0.303 e. The summed E-state index contributed by atoms with van der Waals surface area (Å²) in [6.45, 7) is 5.07. The van der Waals surface area contributed by atoms with Gasteiger partial charge in [-0.05, 0) is 54.2 Å². The lowest BCUT2D eigenvalue weighted by molar-refractivity contribution is -0.137. The Labute approximate surface area is 200 Å². The standard InChI is InChI=1S/C28H31NO5/c1-20(2)17-21-12-14-22(15-13-21)19-34-24-8-5-7-23(18-24)29-28(32)25-9-3-4-10-26(25)33-16-6-11-27(30)31/h3-5,7-10,12-15,18,20H,6,11,16-17,19H2,1-2H3,(H,29,32)(H,30,31). The minimum atomic E-state index is -0.875. The van der Waals surface area contributed by atoms with Gasteiger partial charge < -0.3 is 19.9 Å². The molecular weight excluding hydrogens is 430 g/mol. The molecule has 3 aromatic rings. The molecule has 0 aliphatic heterocycles. The van der Waals surface area contributed by atoms with Gasteiger partial charge in [-0.1, -0.05) is 56.3 Å². The fourth-order valence-electron chi connectivity index (χ4n) is 3.46. The van der Waals surface area contributed by atoms with Crippen molar-refractivity contribution in [3.63, 3.8) is 0 Å². The first kappa shape index (κ1) is 24.8. The molecule has 0 heterocycles. The van der Waals surface area contributed by atoms with Crippen LogP contribution in [0.2, 0.25) is 0 Å². The van der Waals surface area contributed by atoms with E-state index in [0.29, 0.717) is 41.7 Å². The Balaban J connectivity index is 1.58. The zero-order chi connectivity index (χ0) is 24.3. The van der Waals surface area contributed by atoms with Crippen molar-refractivity contribution in [1.29, 1.82) is 0 Å². The van der Waals surface area contributed by atoms with E-state index < -0.39 is 5.97 Å². The highest BCUT2D eigenvalue weighted by Crippen LogP contribution is 2.23. The average molecular weight is 462 g/mol. The van der Waals surface area contributed by atoms with Crippen molar-refractivity contribution in [3.05, 3.63) is 89.5 Å². The van der Waals surface area contributed by atoms with Crippen molar-refractivity contribution in [1.82, 2.24) is 0 Å². The van der Waals surface area contributed by atoms with Crippen LogP contribution in [0.4, 0.5) is 5.69 Å². The minimum Gasteiger partial charge on any atom is -0.493 e. The molecule has 0 fully saturated rings. The number of anilines is 1. The number of hydrogen-bond acceptors (Lipinski definition) is 4. The van der Waals surface area contributed by atoms with E-state index >= 15 is 0 Å². The average Bonchev–Trinajstić information content (AvgIpc) is 2.81. The molecule has 2 N–H and O–H groups in total. The summed E-state index contributed by atoms with van der Waals surface area (Å²) < 4.78 is 11.6. The Morgan fingerprint density at radius 3 is 2.38 bits per heavy atom. The third-order valence-electron chi connectivity index (χ3n) is 5.09. The van der Waals surface area contributed by atoms with Crippen LogP contribution in [0.15, 0.2) is 72.8 Å². The van der Waals surface area contributed by atoms with Crippen molar-refractivity contribution >= 4 is 17.6 Å². The summed E-state index contributed by atoms with van der Waals surface area (Å²) in [6.07, 6.45) is 1.44. The molecule has 1 amide bonds. The van der Waals surface area contributed by atoms with Crippen LogP contribution in [0.25, 0.3) is 0 Å². The first-order chi connectivity index (χ1) is 16.4. The molecule has 6 nitrogen and oxygen atoms in total. The highest BCUT2D eigenvalue weighted by Gasteiger charge is 2.13. The maximum atomic E-state index is 12.8. The van der Waals surface area contributed by atoms with Gasteiger partial charge in [-0.25, -0.2) is 0 Å². The van der Waals surface area contributed by atoms with Gasteiger partial charge in [-0.3, -0.25) is 9.59 Å². The second-order valence-corrected chi connectivity index (χ2v) is 8.53. The van der Waals surface area contributed by atoms with Crippen LogP contribution in [0.3, 0.4) is 0 Å². The lowest BCUT2D eigenvalue weighted by Gasteiger charge is -2.13. The van der Waals surface area contributed by atoms with Gasteiger partial charge >= 0.3 is 5.97 Å². The number of amides is 1. The molecule has 0 radical (unpaired) electrons. The number of carbonyl (C=O) groups excluding carboxylic acids is 1. The lowest BCUT2D eigenvalue weighted by Crippen LogP contribution is -2.14. The van der Waals surface area contributed by atoms with Crippen molar-refractivity contribution in [3.8, 4) is 11.5 Å². The fourth-order valence-corrected chi connectivity index (χ4v) is 3.46. The van der Waals surface area contributed by atoms with Crippen LogP contribution in [0, 0.1) is 5.92 Å². The van der Waals surface area contributed by atoms with Crippen LogP contribution < -0.4 is 14.8 Å². The summed E-state index contributed by atoms with van der Waals surface area (Å²) in [5.74, 6) is 0.503. The van der Waals surface area contributed by atoms with E-state index in [1.807, 2.05) is 12.1 Å². The first-order valence-electron chi connectivity index (χ1n) is 11.5. The van der Waals surface area contributed by atoms with E-state index in [9.17, 15) is 9.59 Å². The van der Waals surface area contributed by atoms with Crippen LogP contribution in [-0.4, -0.2) is 23.6 Å². The van der Waals surface area contributed by atoms with Gasteiger partial charge in [-0.15, -0.1) is 0 Å². The van der Waals surface area contributed by atoms with Crippen molar-refractivity contribution in [2.24, 2.45) is 5.92 Å². The van der Waals surface area contributed by atoms with Crippen molar-refractivity contribution < 1.29 is 24.2 Å². The Kier molecular flexibility index (Phi) is 9.09. The third kappa shape index (κ3) is 7.96. The molecular formula is C28H31NO5. The quantitative estimate of drug-likeness (QED) is 0.325.